The quantitative estimate of drug-likeness (QED) is 0.704. The summed E-state index contributed by atoms with van der Waals surface area (Å²) < 4.78 is 38.7. The third-order valence-electron chi connectivity index (χ3n) is 5.32. The average molecular weight is 431 g/mol. The molecule has 2 N–H and O–H groups in total. The molecule has 8 heteroatoms. The first-order chi connectivity index (χ1) is 14.2. The van der Waals surface area contributed by atoms with Crippen LogP contribution in [-0.4, -0.2) is 40.1 Å². The molecule has 7 nitrogen and oxygen atoms in total. The largest absolute Gasteiger partial charge is 0.486 e. The van der Waals surface area contributed by atoms with Crippen LogP contribution in [-0.2, 0) is 15.4 Å². The van der Waals surface area contributed by atoms with Gasteiger partial charge in [0.2, 0.25) is 10.0 Å². The molecule has 160 valence electrons. The molecule has 0 unspecified atom stereocenters. The Labute approximate surface area is 176 Å². The van der Waals surface area contributed by atoms with E-state index in [1.54, 1.807) is 12.1 Å². The molecule has 0 atom stereocenters. The predicted molar refractivity (Wildman–Crippen MR) is 113 cm³/mol. The monoisotopic (exact) mass is 430 g/mol. The minimum Gasteiger partial charge on any atom is -0.486 e. The molecular formula is C22H26N2O5S. The number of benzene rings is 2. The lowest BCUT2D eigenvalue weighted by Gasteiger charge is -2.28. The molecule has 1 aliphatic heterocycles. The summed E-state index contributed by atoms with van der Waals surface area (Å²) in [5, 5.41) is 2.92. The van der Waals surface area contributed by atoms with Crippen molar-refractivity contribution >= 4 is 15.9 Å². The van der Waals surface area contributed by atoms with E-state index in [-0.39, 0.29) is 22.3 Å². The Kier molecular flexibility index (Phi) is 5.46. The first-order valence-corrected chi connectivity index (χ1v) is 11.5. The summed E-state index contributed by atoms with van der Waals surface area (Å²) in [7, 11) is -3.60. The van der Waals surface area contributed by atoms with Gasteiger partial charge in [0.25, 0.3) is 5.91 Å². The maximum Gasteiger partial charge on any atom is 0.251 e. The summed E-state index contributed by atoms with van der Waals surface area (Å²) in [6, 6.07) is 11.9. The van der Waals surface area contributed by atoms with Gasteiger partial charge in [-0.2, -0.15) is 0 Å². The highest BCUT2D eigenvalue weighted by Crippen LogP contribution is 2.35. The molecule has 2 aromatic rings. The first-order valence-electron chi connectivity index (χ1n) is 10.1. The summed E-state index contributed by atoms with van der Waals surface area (Å²) in [6.07, 6.45) is 1.71. The molecule has 2 aromatic carbocycles. The van der Waals surface area contributed by atoms with Gasteiger partial charge in [-0.3, -0.25) is 4.79 Å². The van der Waals surface area contributed by atoms with Gasteiger partial charge in [0.1, 0.15) is 13.2 Å². The lowest BCUT2D eigenvalue weighted by Crippen LogP contribution is -2.37. The predicted octanol–water partition coefficient (Wildman–Crippen LogP) is 2.61. The Hall–Kier alpha value is -2.58. The van der Waals surface area contributed by atoms with Gasteiger partial charge in [-0.05, 0) is 48.7 Å². The summed E-state index contributed by atoms with van der Waals surface area (Å²) in [5.41, 5.74) is 0.964. The Morgan fingerprint density at radius 3 is 2.53 bits per heavy atom. The molecular weight excluding hydrogens is 404 g/mol. The van der Waals surface area contributed by atoms with Crippen molar-refractivity contribution in [3.8, 4) is 11.5 Å². The van der Waals surface area contributed by atoms with Crippen LogP contribution in [0.2, 0.25) is 0 Å². The highest BCUT2D eigenvalue weighted by Gasteiger charge is 2.29. The van der Waals surface area contributed by atoms with Gasteiger partial charge >= 0.3 is 0 Å². The fourth-order valence-corrected chi connectivity index (χ4v) is 4.61. The molecule has 1 fully saturated rings. The van der Waals surface area contributed by atoms with E-state index in [2.05, 4.69) is 10.0 Å². The van der Waals surface area contributed by atoms with Crippen molar-refractivity contribution in [2.45, 2.75) is 43.0 Å². The molecule has 0 spiro atoms. The van der Waals surface area contributed by atoms with Gasteiger partial charge in [-0.1, -0.05) is 26.0 Å². The molecule has 4 rings (SSSR count). The first kappa shape index (κ1) is 20.7. The molecule has 1 heterocycles. The molecule has 0 saturated heterocycles. The number of carbonyl (C=O) groups excluding carboxylic acids is 1. The van der Waals surface area contributed by atoms with Crippen LogP contribution >= 0.6 is 0 Å². The van der Waals surface area contributed by atoms with Crippen LogP contribution in [0.15, 0.2) is 47.4 Å². The zero-order valence-corrected chi connectivity index (χ0v) is 17.9. The van der Waals surface area contributed by atoms with E-state index in [1.165, 1.54) is 12.1 Å². The number of hydrogen-bond acceptors (Lipinski definition) is 5. The number of ether oxygens (including phenoxy) is 2. The molecule has 0 bridgehead atoms. The van der Waals surface area contributed by atoms with Crippen LogP contribution in [0, 0.1) is 0 Å². The van der Waals surface area contributed by atoms with Crippen LogP contribution < -0.4 is 19.5 Å². The smallest absolute Gasteiger partial charge is 0.251 e. The fourth-order valence-electron chi connectivity index (χ4n) is 3.26. The van der Waals surface area contributed by atoms with Crippen molar-refractivity contribution in [3.63, 3.8) is 0 Å². The van der Waals surface area contributed by atoms with Crippen molar-refractivity contribution in [3.05, 3.63) is 53.6 Å². The van der Waals surface area contributed by atoms with E-state index < -0.39 is 10.0 Å². The van der Waals surface area contributed by atoms with Gasteiger partial charge in [0.15, 0.2) is 11.5 Å². The van der Waals surface area contributed by atoms with Gasteiger partial charge < -0.3 is 14.8 Å². The topological polar surface area (TPSA) is 93.7 Å². The number of nitrogens with one attached hydrogen (secondary N) is 2. The molecule has 1 aliphatic carbocycles. The molecule has 1 saturated carbocycles. The summed E-state index contributed by atoms with van der Waals surface area (Å²) in [4.78, 5) is 12.8. The van der Waals surface area contributed by atoms with Crippen molar-refractivity contribution < 1.29 is 22.7 Å². The van der Waals surface area contributed by atoms with E-state index in [9.17, 15) is 13.2 Å². The summed E-state index contributed by atoms with van der Waals surface area (Å²) in [6.45, 7) is 5.49. The van der Waals surface area contributed by atoms with E-state index >= 15 is 0 Å². The average Bonchev–Trinajstić information content (AvgIpc) is 3.55. The van der Waals surface area contributed by atoms with Gasteiger partial charge in [0.05, 0.1) is 4.90 Å². The number of amides is 1. The van der Waals surface area contributed by atoms with Crippen molar-refractivity contribution in [2.75, 3.05) is 19.8 Å². The molecule has 1 amide bonds. The van der Waals surface area contributed by atoms with Crippen LogP contribution in [0.25, 0.3) is 0 Å². The zero-order valence-electron chi connectivity index (χ0n) is 17.1. The minimum absolute atomic E-state index is 0.0132. The highest BCUT2D eigenvalue weighted by atomic mass is 32.2. The fraction of sp³-hybridized carbons (Fsp3) is 0.409. The zero-order chi connectivity index (χ0) is 21.4. The second-order valence-corrected chi connectivity index (χ2v) is 10.1. The normalized spacial score (nSPS) is 16.2. The molecule has 2 aliphatic rings. The van der Waals surface area contributed by atoms with E-state index in [4.69, 9.17) is 9.47 Å². The van der Waals surface area contributed by atoms with E-state index in [0.717, 1.165) is 24.2 Å². The SMILES string of the molecule is CC(C)(CNC(=O)c1cccc(S(=O)(=O)NC2CC2)c1)c1ccc2c(c1)OCCO2. The Balaban J connectivity index is 1.44. The van der Waals surface area contributed by atoms with Gasteiger partial charge in [0, 0.05) is 23.6 Å². The lowest BCUT2D eigenvalue weighted by atomic mass is 9.84. The molecule has 0 aromatic heterocycles. The number of sulfonamides is 1. The molecule has 0 radical (unpaired) electrons. The maximum absolute atomic E-state index is 12.7. The third kappa shape index (κ3) is 4.60. The van der Waals surface area contributed by atoms with Crippen molar-refractivity contribution in [2.24, 2.45) is 0 Å². The van der Waals surface area contributed by atoms with Crippen LogP contribution in [0.3, 0.4) is 0 Å². The Morgan fingerprint density at radius 1 is 1.07 bits per heavy atom. The van der Waals surface area contributed by atoms with E-state index in [0.29, 0.717) is 31.1 Å². The second kappa shape index (κ2) is 7.92. The number of rotatable bonds is 7. The Bertz CT molecular complexity index is 1060. The van der Waals surface area contributed by atoms with Crippen molar-refractivity contribution in [1.29, 1.82) is 0 Å². The third-order valence-corrected chi connectivity index (χ3v) is 6.84. The highest BCUT2D eigenvalue weighted by molar-refractivity contribution is 7.89. The van der Waals surface area contributed by atoms with Crippen molar-refractivity contribution in [1.82, 2.24) is 10.0 Å². The summed E-state index contributed by atoms with van der Waals surface area (Å²) in [5.74, 6) is 1.12. The number of hydrogen-bond donors (Lipinski definition) is 2. The number of fused-ring (bicyclic) bond motifs is 1. The minimum atomic E-state index is -3.60. The van der Waals surface area contributed by atoms with E-state index in [1.807, 2.05) is 32.0 Å². The van der Waals surface area contributed by atoms with Crippen LogP contribution in [0.5, 0.6) is 11.5 Å². The Morgan fingerprint density at radius 2 is 1.80 bits per heavy atom. The maximum atomic E-state index is 12.7. The van der Waals surface area contributed by atoms with Gasteiger partial charge in [-0.15, -0.1) is 0 Å². The van der Waals surface area contributed by atoms with Crippen LogP contribution in [0.1, 0.15) is 42.6 Å². The molecule has 30 heavy (non-hydrogen) atoms. The second-order valence-electron chi connectivity index (χ2n) is 8.35. The van der Waals surface area contributed by atoms with Gasteiger partial charge in [-0.25, -0.2) is 13.1 Å². The standard InChI is InChI=1S/C22H26N2O5S/c1-22(2,16-6-9-19-20(13-16)29-11-10-28-19)14-23-21(25)15-4-3-5-18(12-15)30(26,27)24-17-7-8-17/h3-6,9,12-13,17,24H,7-8,10-11,14H2,1-2H3,(H,23,25). The summed E-state index contributed by atoms with van der Waals surface area (Å²) >= 11 is 0. The van der Waals surface area contributed by atoms with Crippen LogP contribution in [0.4, 0.5) is 0 Å². The lowest BCUT2D eigenvalue weighted by molar-refractivity contribution is 0.0945. The number of carbonyl (C=O) groups is 1.